The quantitative estimate of drug-likeness (QED) is 0.392. The first kappa shape index (κ1) is 21.5. The minimum Gasteiger partial charge on any atom is -0.489 e. The number of benzene rings is 2. The molecule has 0 radical (unpaired) electrons. The van der Waals surface area contributed by atoms with Crippen molar-refractivity contribution in [2.24, 2.45) is 0 Å². The Bertz CT molecular complexity index is 824. The maximum atomic E-state index is 13.6. The minimum absolute atomic E-state index is 0.0568. The van der Waals surface area contributed by atoms with Crippen molar-refractivity contribution in [3.05, 3.63) is 53.3 Å². The molecular formula is C19H19F4NO4. The van der Waals surface area contributed by atoms with Gasteiger partial charge in [0.25, 0.3) is 0 Å². The molecule has 0 heterocycles. The molecule has 0 amide bonds. The van der Waals surface area contributed by atoms with Gasteiger partial charge >= 0.3 is 12.1 Å². The molecule has 0 aliphatic heterocycles. The fourth-order valence-corrected chi connectivity index (χ4v) is 2.31. The number of rotatable bonds is 8. The van der Waals surface area contributed by atoms with Gasteiger partial charge in [0.05, 0.1) is 35.7 Å². The van der Waals surface area contributed by atoms with Crippen LogP contribution in [0.2, 0.25) is 0 Å². The van der Waals surface area contributed by atoms with Gasteiger partial charge in [0.1, 0.15) is 18.2 Å². The van der Waals surface area contributed by atoms with E-state index < -0.39 is 23.5 Å². The van der Waals surface area contributed by atoms with Crippen LogP contribution in [-0.2, 0) is 15.7 Å². The topological polar surface area (TPSA) is 56.8 Å². The third kappa shape index (κ3) is 5.59. The summed E-state index contributed by atoms with van der Waals surface area (Å²) in [7, 11) is 1.46. The Labute approximate surface area is 159 Å². The Kier molecular flexibility index (Phi) is 7.22. The van der Waals surface area contributed by atoms with Crippen LogP contribution < -0.4 is 10.1 Å². The maximum absolute atomic E-state index is 13.6. The average Bonchev–Trinajstić information content (AvgIpc) is 2.63. The van der Waals surface area contributed by atoms with Gasteiger partial charge in [-0.25, -0.2) is 9.18 Å². The van der Waals surface area contributed by atoms with Gasteiger partial charge in [0, 0.05) is 13.2 Å². The zero-order chi connectivity index (χ0) is 20.7. The summed E-state index contributed by atoms with van der Waals surface area (Å²) in [5.74, 6) is -1.32. The van der Waals surface area contributed by atoms with Gasteiger partial charge in [-0.2, -0.15) is 13.2 Å². The zero-order valence-electron chi connectivity index (χ0n) is 15.2. The lowest BCUT2D eigenvalue weighted by atomic mass is 10.1. The number of carbonyl (C=O) groups excluding carboxylic acids is 1. The minimum atomic E-state index is -4.61. The van der Waals surface area contributed by atoms with E-state index in [1.54, 1.807) is 6.92 Å². The molecule has 2 rings (SSSR count). The van der Waals surface area contributed by atoms with Crippen LogP contribution in [0.25, 0.3) is 0 Å². The maximum Gasteiger partial charge on any atom is 0.416 e. The van der Waals surface area contributed by atoms with Crippen LogP contribution in [-0.4, -0.2) is 32.9 Å². The van der Waals surface area contributed by atoms with Crippen molar-refractivity contribution in [1.29, 1.82) is 0 Å². The van der Waals surface area contributed by atoms with E-state index in [-0.39, 0.29) is 42.5 Å². The molecule has 152 valence electrons. The Morgan fingerprint density at radius 3 is 2.46 bits per heavy atom. The van der Waals surface area contributed by atoms with Gasteiger partial charge in [-0.15, -0.1) is 0 Å². The van der Waals surface area contributed by atoms with Crippen LogP contribution in [0, 0.1) is 5.82 Å². The second-order valence-electron chi connectivity index (χ2n) is 5.59. The van der Waals surface area contributed by atoms with Gasteiger partial charge in [-0.1, -0.05) is 0 Å². The molecule has 0 fully saturated rings. The van der Waals surface area contributed by atoms with Gasteiger partial charge in [0.15, 0.2) is 0 Å². The molecule has 9 heteroatoms. The summed E-state index contributed by atoms with van der Waals surface area (Å²) in [6.07, 6.45) is -4.61. The highest BCUT2D eigenvalue weighted by atomic mass is 19.4. The summed E-state index contributed by atoms with van der Waals surface area (Å²) >= 11 is 0. The number of nitrogens with one attached hydrogen (secondary N) is 1. The molecule has 0 atom stereocenters. The van der Waals surface area contributed by atoms with Crippen LogP contribution in [0.3, 0.4) is 0 Å². The Balaban J connectivity index is 2.44. The second kappa shape index (κ2) is 9.41. The summed E-state index contributed by atoms with van der Waals surface area (Å²) in [6, 6.07) is 6.09. The molecule has 0 saturated heterocycles. The summed E-state index contributed by atoms with van der Waals surface area (Å²) in [5.41, 5.74) is -1.01. The fourth-order valence-electron chi connectivity index (χ4n) is 2.31. The number of hydrogen-bond acceptors (Lipinski definition) is 5. The molecule has 2 aromatic carbocycles. The highest BCUT2D eigenvalue weighted by Gasteiger charge is 2.32. The van der Waals surface area contributed by atoms with Crippen molar-refractivity contribution in [1.82, 2.24) is 0 Å². The van der Waals surface area contributed by atoms with Gasteiger partial charge in [0.2, 0.25) is 0 Å². The summed E-state index contributed by atoms with van der Waals surface area (Å²) in [4.78, 5) is 12.1. The lowest BCUT2D eigenvalue weighted by molar-refractivity contribution is -0.137. The summed E-state index contributed by atoms with van der Waals surface area (Å²) in [6.45, 7) is 1.97. The van der Waals surface area contributed by atoms with E-state index in [0.29, 0.717) is 0 Å². The van der Waals surface area contributed by atoms with E-state index in [0.717, 1.165) is 30.3 Å². The van der Waals surface area contributed by atoms with E-state index in [9.17, 15) is 22.4 Å². The van der Waals surface area contributed by atoms with Crippen LogP contribution in [0.4, 0.5) is 28.9 Å². The normalized spacial score (nSPS) is 11.2. The molecule has 0 aromatic heterocycles. The molecule has 0 saturated carbocycles. The molecule has 0 spiro atoms. The molecule has 2 aromatic rings. The molecule has 1 N–H and O–H groups in total. The molecule has 5 nitrogen and oxygen atoms in total. The highest BCUT2D eigenvalue weighted by Crippen LogP contribution is 2.35. The fraction of sp³-hybridized carbons (Fsp3) is 0.316. The monoisotopic (exact) mass is 401 g/mol. The first-order valence-electron chi connectivity index (χ1n) is 8.33. The van der Waals surface area contributed by atoms with Crippen molar-refractivity contribution in [3.8, 4) is 5.75 Å². The molecule has 0 unspecified atom stereocenters. The molecule has 28 heavy (non-hydrogen) atoms. The number of alkyl halides is 3. The van der Waals surface area contributed by atoms with Gasteiger partial charge in [-0.3, -0.25) is 0 Å². The summed E-state index contributed by atoms with van der Waals surface area (Å²) in [5, 5.41) is 2.71. The number of halogens is 4. The smallest absolute Gasteiger partial charge is 0.416 e. The number of carbonyl (C=O) groups is 1. The second-order valence-corrected chi connectivity index (χ2v) is 5.59. The number of methoxy groups -OCH3 is 1. The van der Waals surface area contributed by atoms with Crippen molar-refractivity contribution in [2.45, 2.75) is 13.1 Å². The van der Waals surface area contributed by atoms with E-state index in [1.807, 2.05) is 0 Å². The molecule has 0 bridgehead atoms. The predicted molar refractivity (Wildman–Crippen MR) is 94.5 cm³/mol. The number of ether oxygens (including phenoxy) is 3. The van der Waals surface area contributed by atoms with Crippen molar-refractivity contribution in [2.75, 3.05) is 32.2 Å². The lowest BCUT2D eigenvalue weighted by Crippen LogP contribution is -2.12. The number of anilines is 2. The summed E-state index contributed by atoms with van der Waals surface area (Å²) < 4.78 is 68.0. The highest BCUT2D eigenvalue weighted by molar-refractivity contribution is 5.97. The van der Waals surface area contributed by atoms with Gasteiger partial charge in [-0.05, 0) is 37.3 Å². The van der Waals surface area contributed by atoms with E-state index in [2.05, 4.69) is 5.32 Å². The average molecular weight is 401 g/mol. The SMILES string of the molecule is CCOC(=O)c1ccc(C(F)(F)F)cc1Nc1ccc(F)cc1OCCOC. The van der Waals surface area contributed by atoms with Crippen LogP contribution in [0.1, 0.15) is 22.8 Å². The molecule has 0 aliphatic carbocycles. The standard InChI is InChI=1S/C19H19F4NO4/c1-3-27-18(25)14-6-4-12(19(21,22)23)10-16(14)24-15-7-5-13(20)11-17(15)28-9-8-26-2/h4-7,10-11,24H,3,8-9H2,1-2H3. The van der Waals surface area contributed by atoms with Crippen LogP contribution in [0.15, 0.2) is 36.4 Å². The van der Waals surface area contributed by atoms with E-state index >= 15 is 0 Å². The third-order valence-corrected chi connectivity index (χ3v) is 3.60. The zero-order valence-corrected chi connectivity index (χ0v) is 15.2. The Morgan fingerprint density at radius 1 is 1.07 bits per heavy atom. The molecule has 0 aliphatic rings. The lowest BCUT2D eigenvalue weighted by Gasteiger charge is -2.17. The first-order chi connectivity index (χ1) is 13.3. The van der Waals surface area contributed by atoms with Crippen molar-refractivity contribution >= 4 is 17.3 Å². The first-order valence-corrected chi connectivity index (χ1v) is 8.33. The molecular weight excluding hydrogens is 382 g/mol. The van der Waals surface area contributed by atoms with Crippen molar-refractivity contribution < 1.29 is 36.6 Å². The Hall–Kier alpha value is -2.81. The van der Waals surface area contributed by atoms with Crippen LogP contribution >= 0.6 is 0 Å². The number of hydrogen-bond donors (Lipinski definition) is 1. The number of esters is 1. The third-order valence-electron chi connectivity index (χ3n) is 3.60. The Morgan fingerprint density at radius 2 is 1.82 bits per heavy atom. The van der Waals surface area contributed by atoms with Crippen molar-refractivity contribution in [3.63, 3.8) is 0 Å². The predicted octanol–water partition coefficient (Wildman–Crippen LogP) is 4.79. The van der Waals surface area contributed by atoms with Gasteiger partial charge < -0.3 is 19.5 Å². The largest absolute Gasteiger partial charge is 0.489 e. The van der Waals surface area contributed by atoms with E-state index in [4.69, 9.17) is 14.2 Å². The van der Waals surface area contributed by atoms with Crippen LogP contribution in [0.5, 0.6) is 5.75 Å². The van der Waals surface area contributed by atoms with E-state index in [1.165, 1.54) is 13.2 Å².